The molecule has 2 heterocycles. The van der Waals surface area contributed by atoms with Gasteiger partial charge in [-0.3, -0.25) is 4.79 Å². The number of nitrogens with one attached hydrogen (secondary N) is 1. The molecule has 2 aromatic heterocycles. The Morgan fingerprint density at radius 3 is 2.69 bits per heavy atom. The summed E-state index contributed by atoms with van der Waals surface area (Å²) in [6.07, 6.45) is 0. The number of methoxy groups -OCH3 is 2. The molecule has 0 atom stereocenters. The van der Waals surface area contributed by atoms with Crippen LogP contribution in [0.4, 0.5) is 4.39 Å². The Bertz CT molecular complexity index is 1260. The number of benzene rings is 2. The number of nitrogens with zero attached hydrogens (tertiary/aromatic N) is 4. The summed E-state index contributed by atoms with van der Waals surface area (Å²) in [6, 6.07) is 14.5. The fourth-order valence-electron chi connectivity index (χ4n) is 3.07. The van der Waals surface area contributed by atoms with Gasteiger partial charge in [0, 0.05) is 6.07 Å². The fourth-order valence-corrected chi connectivity index (χ4v) is 3.07. The zero-order valence-electron chi connectivity index (χ0n) is 17.4. The van der Waals surface area contributed by atoms with Crippen molar-refractivity contribution in [2.24, 2.45) is 0 Å². The van der Waals surface area contributed by atoms with Gasteiger partial charge in [0.25, 0.3) is 5.91 Å². The molecule has 10 heteroatoms. The van der Waals surface area contributed by atoms with Crippen LogP contribution in [0.2, 0.25) is 0 Å². The Labute approximate surface area is 182 Å². The van der Waals surface area contributed by atoms with Crippen LogP contribution in [0.1, 0.15) is 10.4 Å². The van der Waals surface area contributed by atoms with Gasteiger partial charge in [-0.05, 0) is 36.4 Å². The first-order valence-corrected chi connectivity index (χ1v) is 9.71. The summed E-state index contributed by atoms with van der Waals surface area (Å²) in [4.78, 5) is 12.1. The van der Waals surface area contributed by atoms with Gasteiger partial charge in [-0.15, -0.1) is 15.3 Å². The molecule has 0 radical (unpaired) electrons. The molecule has 0 saturated heterocycles. The van der Waals surface area contributed by atoms with Gasteiger partial charge in [-0.1, -0.05) is 12.1 Å². The van der Waals surface area contributed by atoms with Gasteiger partial charge < -0.3 is 19.5 Å². The summed E-state index contributed by atoms with van der Waals surface area (Å²) in [6.45, 7) is 0.310. The lowest BCUT2D eigenvalue weighted by Crippen LogP contribution is -2.28. The third-order valence-electron chi connectivity index (χ3n) is 4.64. The van der Waals surface area contributed by atoms with Crippen molar-refractivity contribution in [1.29, 1.82) is 0 Å². The zero-order valence-corrected chi connectivity index (χ0v) is 17.4. The van der Waals surface area contributed by atoms with Crippen molar-refractivity contribution in [3.63, 3.8) is 0 Å². The summed E-state index contributed by atoms with van der Waals surface area (Å²) in [5.41, 5.74) is 1.15. The first-order chi connectivity index (χ1) is 15.6. The minimum Gasteiger partial charge on any atom is -0.497 e. The number of ether oxygens (including phenoxy) is 3. The number of aromatic nitrogens is 4. The molecule has 0 spiro atoms. The molecule has 164 valence electrons. The van der Waals surface area contributed by atoms with E-state index in [1.807, 2.05) is 0 Å². The van der Waals surface area contributed by atoms with Gasteiger partial charge in [-0.25, -0.2) is 4.39 Å². The standard InChI is InChI=1S/C22H20FN5O4/c1-30-14-7-8-18(31-2)16(13-14)21-26-25-19-9-10-20(27-28(19)21)32-12-11-24-22(29)15-5-3-4-6-17(15)23/h3-10,13H,11-12H2,1-2H3,(H,24,29). The molecule has 1 amide bonds. The van der Waals surface area contributed by atoms with E-state index in [2.05, 4.69) is 20.6 Å². The Hall–Kier alpha value is -4.21. The Morgan fingerprint density at radius 2 is 1.91 bits per heavy atom. The molecule has 0 saturated carbocycles. The van der Waals surface area contributed by atoms with Crippen molar-refractivity contribution >= 4 is 11.6 Å². The van der Waals surface area contributed by atoms with Crippen molar-refractivity contribution in [3.8, 4) is 28.8 Å². The van der Waals surface area contributed by atoms with Crippen molar-refractivity contribution in [2.75, 3.05) is 27.4 Å². The highest BCUT2D eigenvalue weighted by Gasteiger charge is 2.16. The summed E-state index contributed by atoms with van der Waals surface area (Å²) in [5.74, 6) is 0.890. The van der Waals surface area contributed by atoms with Crippen LogP contribution in [0.15, 0.2) is 54.6 Å². The molecule has 0 unspecified atom stereocenters. The summed E-state index contributed by atoms with van der Waals surface area (Å²) in [7, 11) is 3.13. The summed E-state index contributed by atoms with van der Waals surface area (Å²) in [5, 5.41) is 15.4. The number of fused-ring (bicyclic) bond motifs is 1. The highest BCUT2D eigenvalue weighted by molar-refractivity contribution is 5.94. The van der Waals surface area contributed by atoms with Gasteiger partial charge in [0.1, 0.15) is 23.9 Å². The minimum absolute atomic E-state index is 0.0200. The van der Waals surface area contributed by atoms with Crippen LogP contribution in [0.5, 0.6) is 17.4 Å². The second-order valence-electron chi connectivity index (χ2n) is 6.62. The van der Waals surface area contributed by atoms with E-state index in [-0.39, 0.29) is 18.7 Å². The van der Waals surface area contributed by atoms with Crippen LogP contribution < -0.4 is 19.5 Å². The molecular formula is C22H20FN5O4. The number of rotatable bonds is 8. The van der Waals surface area contributed by atoms with E-state index in [4.69, 9.17) is 14.2 Å². The quantitative estimate of drug-likeness (QED) is 0.423. The van der Waals surface area contributed by atoms with Crippen molar-refractivity contribution in [2.45, 2.75) is 0 Å². The average molecular weight is 437 g/mol. The Balaban J connectivity index is 1.48. The number of halogens is 1. The molecule has 0 fully saturated rings. The highest BCUT2D eigenvalue weighted by Crippen LogP contribution is 2.32. The number of hydrogen-bond acceptors (Lipinski definition) is 7. The molecule has 4 rings (SSSR count). The molecule has 2 aromatic carbocycles. The molecule has 0 aliphatic heterocycles. The van der Waals surface area contributed by atoms with Crippen LogP contribution in [0.25, 0.3) is 17.0 Å². The van der Waals surface area contributed by atoms with Gasteiger partial charge in [-0.2, -0.15) is 4.52 Å². The third-order valence-corrected chi connectivity index (χ3v) is 4.64. The molecule has 4 aromatic rings. The van der Waals surface area contributed by atoms with E-state index in [9.17, 15) is 9.18 Å². The van der Waals surface area contributed by atoms with E-state index >= 15 is 0 Å². The molecule has 0 aliphatic carbocycles. The summed E-state index contributed by atoms with van der Waals surface area (Å²) < 4.78 is 31.6. The lowest BCUT2D eigenvalue weighted by Gasteiger charge is -2.10. The van der Waals surface area contributed by atoms with Gasteiger partial charge in [0.15, 0.2) is 11.5 Å². The molecule has 1 N–H and O–H groups in total. The predicted octanol–water partition coefficient (Wildman–Crippen LogP) is 2.76. The molecule has 9 nitrogen and oxygen atoms in total. The lowest BCUT2D eigenvalue weighted by atomic mass is 10.2. The van der Waals surface area contributed by atoms with Gasteiger partial charge in [0.2, 0.25) is 5.88 Å². The van der Waals surface area contributed by atoms with Crippen LogP contribution >= 0.6 is 0 Å². The predicted molar refractivity (Wildman–Crippen MR) is 114 cm³/mol. The number of carbonyl (C=O) groups is 1. The van der Waals surface area contributed by atoms with E-state index in [1.54, 1.807) is 50.6 Å². The monoisotopic (exact) mass is 437 g/mol. The third kappa shape index (κ3) is 4.29. The first-order valence-electron chi connectivity index (χ1n) is 9.71. The number of hydrogen-bond donors (Lipinski definition) is 1. The smallest absolute Gasteiger partial charge is 0.254 e. The van der Waals surface area contributed by atoms with Crippen LogP contribution in [-0.4, -0.2) is 53.1 Å². The lowest BCUT2D eigenvalue weighted by molar-refractivity contribution is 0.0942. The summed E-state index contributed by atoms with van der Waals surface area (Å²) >= 11 is 0. The zero-order chi connectivity index (χ0) is 22.5. The van der Waals surface area contributed by atoms with E-state index in [0.717, 1.165) is 0 Å². The van der Waals surface area contributed by atoms with Gasteiger partial charge in [0.05, 0.1) is 31.9 Å². The fraction of sp³-hybridized carbons (Fsp3) is 0.182. The van der Waals surface area contributed by atoms with Crippen molar-refractivity contribution < 1.29 is 23.4 Å². The maximum absolute atomic E-state index is 13.7. The topological polar surface area (TPSA) is 99.9 Å². The molecular weight excluding hydrogens is 417 g/mol. The largest absolute Gasteiger partial charge is 0.497 e. The Kier molecular flexibility index (Phi) is 6.11. The highest BCUT2D eigenvalue weighted by atomic mass is 19.1. The molecule has 0 aliphatic rings. The first kappa shape index (κ1) is 21.0. The second kappa shape index (κ2) is 9.29. The van der Waals surface area contributed by atoms with Crippen molar-refractivity contribution in [1.82, 2.24) is 25.1 Å². The van der Waals surface area contributed by atoms with E-state index in [0.29, 0.717) is 34.4 Å². The normalized spacial score (nSPS) is 10.7. The SMILES string of the molecule is COc1ccc(OC)c(-c2nnc3ccc(OCCNC(=O)c4ccccc4F)nn23)c1. The average Bonchev–Trinajstić information content (AvgIpc) is 3.24. The van der Waals surface area contributed by atoms with Crippen LogP contribution in [0.3, 0.4) is 0 Å². The maximum Gasteiger partial charge on any atom is 0.254 e. The molecule has 32 heavy (non-hydrogen) atoms. The van der Waals surface area contributed by atoms with E-state index in [1.165, 1.54) is 22.7 Å². The van der Waals surface area contributed by atoms with Crippen LogP contribution in [-0.2, 0) is 0 Å². The van der Waals surface area contributed by atoms with Crippen molar-refractivity contribution in [3.05, 3.63) is 66.0 Å². The maximum atomic E-state index is 13.7. The Morgan fingerprint density at radius 1 is 1.06 bits per heavy atom. The van der Waals surface area contributed by atoms with Crippen LogP contribution in [0, 0.1) is 5.82 Å². The second-order valence-corrected chi connectivity index (χ2v) is 6.62. The van der Waals surface area contributed by atoms with Gasteiger partial charge >= 0.3 is 0 Å². The minimum atomic E-state index is -0.578. The van der Waals surface area contributed by atoms with E-state index < -0.39 is 11.7 Å². The number of amides is 1. The number of carbonyl (C=O) groups excluding carboxylic acids is 1. The molecule has 0 bridgehead atoms.